The number of nitrogens with zero attached hydrogens (tertiary/aromatic N) is 1. The van der Waals surface area contributed by atoms with E-state index in [9.17, 15) is 0 Å². The van der Waals surface area contributed by atoms with Gasteiger partial charge in [-0.15, -0.1) is 0 Å². The molecule has 1 aliphatic rings. The van der Waals surface area contributed by atoms with E-state index in [2.05, 4.69) is 38.0 Å². The first kappa shape index (κ1) is 15.6. The highest BCUT2D eigenvalue weighted by atomic mass is 16.3. The zero-order chi connectivity index (χ0) is 14.6. The Labute approximate surface area is 123 Å². The van der Waals surface area contributed by atoms with Gasteiger partial charge in [-0.05, 0) is 57.2 Å². The summed E-state index contributed by atoms with van der Waals surface area (Å²) in [7, 11) is 2.28. The summed E-state index contributed by atoms with van der Waals surface area (Å²) in [5.41, 5.74) is 0.554. The van der Waals surface area contributed by atoms with Crippen LogP contribution in [-0.2, 0) is 6.54 Å². The summed E-state index contributed by atoms with van der Waals surface area (Å²) in [6, 6.07) is 5.28. The lowest BCUT2D eigenvalue weighted by atomic mass is 9.75. The standard InChI is InChI=1S/C17H30N2O/c1-14(12-18-13-16-6-5-11-20-16)19(4)15-7-9-17(2,3)10-8-15/h5-6,11,14-15,18H,7-10,12-13H2,1-4H3. The monoisotopic (exact) mass is 278 g/mol. The number of furan rings is 1. The largest absolute Gasteiger partial charge is 0.468 e. The number of hydrogen-bond acceptors (Lipinski definition) is 3. The highest BCUT2D eigenvalue weighted by molar-refractivity contribution is 4.97. The molecule has 1 fully saturated rings. The average molecular weight is 278 g/mol. The first-order chi connectivity index (χ1) is 9.48. The molecule has 1 unspecified atom stereocenters. The summed E-state index contributed by atoms with van der Waals surface area (Å²) in [4.78, 5) is 2.56. The van der Waals surface area contributed by atoms with E-state index in [-0.39, 0.29) is 0 Å². The molecule has 3 heteroatoms. The van der Waals surface area contributed by atoms with Gasteiger partial charge in [-0.3, -0.25) is 4.90 Å². The molecule has 0 spiro atoms. The fourth-order valence-electron chi connectivity index (χ4n) is 3.11. The van der Waals surface area contributed by atoms with Crippen molar-refractivity contribution in [2.45, 2.75) is 65.1 Å². The van der Waals surface area contributed by atoms with E-state index >= 15 is 0 Å². The Balaban J connectivity index is 1.70. The second-order valence-electron chi connectivity index (χ2n) is 7.12. The molecule has 0 radical (unpaired) electrons. The summed E-state index contributed by atoms with van der Waals surface area (Å²) >= 11 is 0. The maximum Gasteiger partial charge on any atom is 0.117 e. The van der Waals surface area contributed by atoms with Gasteiger partial charge in [0, 0.05) is 18.6 Å². The van der Waals surface area contributed by atoms with Crippen molar-refractivity contribution in [1.82, 2.24) is 10.2 Å². The first-order valence-corrected chi connectivity index (χ1v) is 7.93. The topological polar surface area (TPSA) is 28.4 Å². The van der Waals surface area contributed by atoms with Crippen LogP contribution in [0.15, 0.2) is 22.8 Å². The van der Waals surface area contributed by atoms with Crippen LogP contribution in [0.3, 0.4) is 0 Å². The Hall–Kier alpha value is -0.800. The van der Waals surface area contributed by atoms with Gasteiger partial charge in [-0.25, -0.2) is 0 Å². The summed E-state index contributed by atoms with van der Waals surface area (Å²) in [5.74, 6) is 1.01. The van der Waals surface area contributed by atoms with Gasteiger partial charge < -0.3 is 9.73 Å². The van der Waals surface area contributed by atoms with Gasteiger partial charge in [0.2, 0.25) is 0 Å². The predicted molar refractivity (Wildman–Crippen MR) is 83.7 cm³/mol. The van der Waals surface area contributed by atoms with Crippen molar-refractivity contribution < 1.29 is 4.42 Å². The van der Waals surface area contributed by atoms with Crippen LogP contribution in [0.4, 0.5) is 0 Å². The molecule has 0 aliphatic heterocycles. The zero-order valence-electron chi connectivity index (χ0n) is 13.5. The van der Waals surface area contributed by atoms with E-state index in [1.54, 1.807) is 6.26 Å². The molecular formula is C17H30N2O. The van der Waals surface area contributed by atoms with Crippen LogP contribution in [-0.4, -0.2) is 30.6 Å². The Bertz CT molecular complexity index is 376. The molecule has 0 bridgehead atoms. The van der Waals surface area contributed by atoms with Crippen LogP contribution < -0.4 is 5.32 Å². The minimum atomic E-state index is 0.554. The molecule has 0 amide bonds. The third kappa shape index (κ3) is 4.35. The first-order valence-electron chi connectivity index (χ1n) is 7.93. The zero-order valence-corrected chi connectivity index (χ0v) is 13.5. The predicted octanol–water partition coefficient (Wildman–Crippen LogP) is 3.66. The Morgan fingerprint density at radius 3 is 2.70 bits per heavy atom. The van der Waals surface area contributed by atoms with Crippen LogP contribution in [0.5, 0.6) is 0 Å². The second-order valence-corrected chi connectivity index (χ2v) is 7.12. The molecule has 1 aromatic heterocycles. The molecule has 20 heavy (non-hydrogen) atoms. The summed E-state index contributed by atoms with van der Waals surface area (Å²) in [6.45, 7) is 8.95. The van der Waals surface area contributed by atoms with E-state index in [4.69, 9.17) is 4.42 Å². The Morgan fingerprint density at radius 2 is 2.10 bits per heavy atom. The molecular weight excluding hydrogens is 248 g/mol. The second kappa shape index (κ2) is 6.77. The number of nitrogens with one attached hydrogen (secondary N) is 1. The van der Waals surface area contributed by atoms with E-state index < -0.39 is 0 Å². The molecule has 1 atom stereocenters. The molecule has 2 rings (SSSR count). The van der Waals surface area contributed by atoms with Crippen LogP contribution in [0.2, 0.25) is 0 Å². The minimum Gasteiger partial charge on any atom is -0.468 e. The van der Waals surface area contributed by atoms with Crippen LogP contribution in [0.25, 0.3) is 0 Å². The third-order valence-electron chi connectivity index (χ3n) is 4.90. The van der Waals surface area contributed by atoms with Gasteiger partial charge >= 0.3 is 0 Å². The van der Waals surface area contributed by atoms with Crippen molar-refractivity contribution in [2.24, 2.45) is 5.41 Å². The molecule has 3 nitrogen and oxygen atoms in total. The summed E-state index contributed by atoms with van der Waals surface area (Å²) in [5, 5.41) is 3.49. The van der Waals surface area contributed by atoms with Gasteiger partial charge in [-0.2, -0.15) is 0 Å². The molecule has 0 aromatic carbocycles. The van der Waals surface area contributed by atoms with Gasteiger partial charge in [0.25, 0.3) is 0 Å². The SMILES string of the molecule is CC(CNCc1ccco1)N(C)C1CCC(C)(C)CC1. The van der Waals surface area contributed by atoms with Gasteiger partial charge in [0.15, 0.2) is 0 Å². The quantitative estimate of drug-likeness (QED) is 0.861. The lowest BCUT2D eigenvalue weighted by molar-refractivity contribution is 0.0993. The molecule has 114 valence electrons. The van der Waals surface area contributed by atoms with Crippen LogP contribution in [0.1, 0.15) is 52.2 Å². The molecule has 1 N–H and O–H groups in total. The van der Waals surface area contributed by atoms with Gasteiger partial charge in [0.05, 0.1) is 12.8 Å². The fourth-order valence-corrected chi connectivity index (χ4v) is 3.11. The lowest BCUT2D eigenvalue weighted by Gasteiger charge is -2.41. The van der Waals surface area contributed by atoms with Crippen molar-refractivity contribution in [3.8, 4) is 0 Å². The van der Waals surface area contributed by atoms with Gasteiger partial charge in [0.1, 0.15) is 5.76 Å². The normalized spacial score (nSPS) is 21.2. The highest BCUT2D eigenvalue weighted by Gasteiger charge is 2.30. The average Bonchev–Trinajstić information content (AvgIpc) is 2.91. The number of hydrogen-bond donors (Lipinski definition) is 1. The summed E-state index contributed by atoms with van der Waals surface area (Å²) in [6.07, 6.45) is 7.12. The van der Waals surface area contributed by atoms with E-state index in [1.807, 2.05) is 12.1 Å². The number of rotatable bonds is 6. The molecule has 1 aromatic rings. The van der Waals surface area contributed by atoms with E-state index in [1.165, 1.54) is 25.7 Å². The summed E-state index contributed by atoms with van der Waals surface area (Å²) < 4.78 is 5.34. The third-order valence-corrected chi connectivity index (χ3v) is 4.90. The van der Waals surface area contributed by atoms with Crippen molar-refractivity contribution in [2.75, 3.05) is 13.6 Å². The van der Waals surface area contributed by atoms with Crippen LogP contribution >= 0.6 is 0 Å². The van der Waals surface area contributed by atoms with Crippen molar-refractivity contribution >= 4 is 0 Å². The molecule has 1 saturated carbocycles. The fraction of sp³-hybridized carbons (Fsp3) is 0.765. The molecule has 0 saturated heterocycles. The van der Waals surface area contributed by atoms with Gasteiger partial charge in [-0.1, -0.05) is 13.8 Å². The lowest BCUT2D eigenvalue weighted by Crippen LogP contribution is -2.45. The maximum atomic E-state index is 5.34. The highest BCUT2D eigenvalue weighted by Crippen LogP contribution is 2.36. The Kier molecular flexibility index (Phi) is 5.28. The maximum absolute atomic E-state index is 5.34. The molecule has 1 aliphatic carbocycles. The van der Waals surface area contributed by atoms with E-state index in [0.717, 1.165) is 24.9 Å². The van der Waals surface area contributed by atoms with Crippen LogP contribution in [0, 0.1) is 5.41 Å². The van der Waals surface area contributed by atoms with Crippen molar-refractivity contribution in [1.29, 1.82) is 0 Å². The minimum absolute atomic E-state index is 0.554. The van der Waals surface area contributed by atoms with Crippen molar-refractivity contribution in [3.05, 3.63) is 24.2 Å². The number of likely N-dealkylation sites (N-methyl/N-ethyl adjacent to an activating group) is 1. The smallest absolute Gasteiger partial charge is 0.117 e. The molecule has 1 heterocycles. The Morgan fingerprint density at radius 1 is 1.40 bits per heavy atom. The van der Waals surface area contributed by atoms with E-state index in [0.29, 0.717) is 11.5 Å². The van der Waals surface area contributed by atoms with Crippen molar-refractivity contribution in [3.63, 3.8) is 0 Å².